The molecule has 1 heterocycles. The molecule has 7 heteroatoms. The molecule has 3 aromatic rings. The van der Waals surface area contributed by atoms with Gasteiger partial charge in [-0.1, -0.05) is 81.0 Å². The molecule has 1 atom stereocenters. The van der Waals surface area contributed by atoms with Crippen molar-refractivity contribution < 1.29 is 14.0 Å². The molecule has 1 aliphatic rings. The van der Waals surface area contributed by atoms with Gasteiger partial charge in [-0.15, -0.1) is 0 Å². The van der Waals surface area contributed by atoms with Crippen molar-refractivity contribution >= 4 is 28.5 Å². The summed E-state index contributed by atoms with van der Waals surface area (Å²) in [5.74, 6) is -0.0218. The van der Waals surface area contributed by atoms with Gasteiger partial charge in [0.05, 0.1) is 24.3 Å². The number of ether oxygens (including phenoxy) is 1. The summed E-state index contributed by atoms with van der Waals surface area (Å²) in [5.41, 5.74) is 3.98. The zero-order chi connectivity index (χ0) is 29.9. The van der Waals surface area contributed by atoms with E-state index in [-0.39, 0.29) is 5.60 Å². The Hall–Kier alpha value is -2.77. The van der Waals surface area contributed by atoms with Crippen molar-refractivity contribution in [3.8, 4) is 22.9 Å². The van der Waals surface area contributed by atoms with Crippen LogP contribution in [0.3, 0.4) is 0 Å². The summed E-state index contributed by atoms with van der Waals surface area (Å²) in [6.07, 6.45) is 4.75. The van der Waals surface area contributed by atoms with Crippen molar-refractivity contribution in [1.82, 2.24) is 0 Å². The first-order valence-electron chi connectivity index (χ1n) is 14.9. The number of hydrogen-bond acceptors (Lipinski definition) is 4. The minimum Gasteiger partial charge on any atom is -0.422 e. The van der Waals surface area contributed by atoms with Crippen molar-refractivity contribution in [2.24, 2.45) is 0 Å². The van der Waals surface area contributed by atoms with Crippen LogP contribution in [0.5, 0.6) is 5.75 Å². The summed E-state index contributed by atoms with van der Waals surface area (Å²) >= 11 is 0. The minimum absolute atomic E-state index is 0.0454. The van der Waals surface area contributed by atoms with Gasteiger partial charge in [0.2, 0.25) is 0 Å². The molecule has 4 nitrogen and oxygen atoms in total. The predicted molar refractivity (Wildman–Crippen MR) is 177 cm³/mol. The molecule has 0 bridgehead atoms. The molecular formula is C34H45NO3Si3. The van der Waals surface area contributed by atoms with E-state index in [1.807, 2.05) is 60.7 Å². The summed E-state index contributed by atoms with van der Waals surface area (Å²) in [5, 5.41) is 9.36. The number of rotatable bonds is 9. The summed E-state index contributed by atoms with van der Waals surface area (Å²) in [6.45, 7) is 17.6. The lowest BCUT2D eigenvalue weighted by Gasteiger charge is -2.59. The van der Waals surface area contributed by atoms with Gasteiger partial charge in [-0.05, 0) is 87.3 Å². The molecule has 0 amide bonds. The number of carbonyl (C=O) groups is 1. The highest BCUT2D eigenvalue weighted by Crippen LogP contribution is 2.46. The Morgan fingerprint density at radius 2 is 1.61 bits per heavy atom. The van der Waals surface area contributed by atoms with Crippen molar-refractivity contribution in [3.05, 3.63) is 89.5 Å². The molecular weight excluding hydrogens is 555 g/mol. The van der Waals surface area contributed by atoms with E-state index in [1.165, 1.54) is 36.9 Å². The average molecular weight is 600 g/mol. The lowest BCUT2D eigenvalue weighted by Crippen LogP contribution is -2.78. The number of aryl methyl sites for hydroxylation is 1. The lowest BCUT2D eigenvalue weighted by molar-refractivity contribution is 0.0735. The van der Waals surface area contributed by atoms with E-state index in [1.54, 1.807) is 12.1 Å². The SMILES string of the molecule is CC1(C)C[Si](C)(CCCCCc2ccc(C(=O)Oc3cc(C#N)ccc3-c3ccccc3)cc2)[Si](C)(C)[Si](C)(C)O1. The largest absolute Gasteiger partial charge is 0.422 e. The van der Waals surface area contributed by atoms with Crippen molar-refractivity contribution in [3.63, 3.8) is 0 Å². The second-order valence-corrected chi connectivity index (χ2v) is 40.3. The van der Waals surface area contributed by atoms with Gasteiger partial charge in [0.1, 0.15) is 5.75 Å². The second-order valence-electron chi connectivity index (χ2n) is 13.6. The molecule has 216 valence electrons. The Morgan fingerprint density at radius 1 is 0.927 bits per heavy atom. The number of unbranched alkanes of at least 4 members (excludes halogenated alkanes) is 2. The van der Waals surface area contributed by atoms with Crippen molar-refractivity contribution in [1.29, 1.82) is 5.26 Å². The molecule has 0 aromatic heterocycles. The van der Waals surface area contributed by atoms with E-state index in [0.717, 1.165) is 17.5 Å². The quantitative estimate of drug-likeness (QED) is 0.106. The van der Waals surface area contributed by atoms with Crippen molar-refractivity contribution in [2.45, 2.75) is 90.0 Å². The van der Waals surface area contributed by atoms with E-state index in [0.29, 0.717) is 16.9 Å². The Morgan fingerprint density at radius 3 is 2.27 bits per heavy atom. The summed E-state index contributed by atoms with van der Waals surface area (Å²) in [4.78, 5) is 13.0. The molecule has 3 aromatic carbocycles. The molecule has 4 rings (SSSR count). The Kier molecular flexibility index (Phi) is 9.29. The highest BCUT2D eigenvalue weighted by molar-refractivity contribution is 7.67. The first kappa shape index (κ1) is 31.2. The number of esters is 1. The second kappa shape index (κ2) is 12.2. The lowest BCUT2D eigenvalue weighted by atomic mass is 10.0. The number of carbonyl (C=O) groups excluding carboxylic acids is 1. The molecule has 0 spiro atoms. The van der Waals surface area contributed by atoms with E-state index >= 15 is 0 Å². The van der Waals surface area contributed by atoms with Crippen molar-refractivity contribution in [2.75, 3.05) is 0 Å². The van der Waals surface area contributed by atoms with Gasteiger partial charge in [-0.3, -0.25) is 0 Å². The highest BCUT2D eigenvalue weighted by Gasteiger charge is 2.61. The third kappa shape index (κ3) is 7.00. The number of nitriles is 1. The maximum atomic E-state index is 13.0. The van der Waals surface area contributed by atoms with Crippen LogP contribution < -0.4 is 4.74 Å². The van der Waals surface area contributed by atoms with Gasteiger partial charge in [0.15, 0.2) is 7.83 Å². The van der Waals surface area contributed by atoms with Gasteiger partial charge in [0.25, 0.3) is 0 Å². The Bertz CT molecular complexity index is 1410. The predicted octanol–water partition coefficient (Wildman–Crippen LogP) is 9.11. The molecule has 41 heavy (non-hydrogen) atoms. The van der Waals surface area contributed by atoms with Gasteiger partial charge < -0.3 is 9.16 Å². The molecule has 1 unspecified atom stereocenters. The zero-order valence-electron chi connectivity index (χ0n) is 25.8. The zero-order valence-corrected chi connectivity index (χ0v) is 28.8. The fraction of sp³-hybridized carbons (Fsp3) is 0.412. The monoisotopic (exact) mass is 599 g/mol. The summed E-state index contributed by atoms with van der Waals surface area (Å²) in [7, 11) is -4.33. The van der Waals surface area contributed by atoms with Crippen LogP contribution in [0.4, 0.5) is 0 Å². The van der Waals surface area contributed by atoms with Crippen LogP contribution in [0.2, 0.25) is 44.8 Å². The maximum absolute atomic E-state index is 13.0. The Balaban J connectivity index is 1.33. The van der Waals surface area contributed by atoms with E-state index in [9.17, 15) is 10.1 Å². The maximum Gasteiger partial charge on any atom is 0.343 e. The summed E-state index contributed by atoms with van der Waals surface area (Å²) < 4.78 is 12.5. The fourth-order valence-corrected chi connectivity index (χ4v) is 40.6. The van der Waals surface area contributed by atoms with Crippen LogP contribution in [0.25, 0.3) is 11.1 Å². The molecule has 0 aliphatic carbocycles. The van der Waals surface area contributed by atoms with Gasteiger partial charge >= 0.3 is 5.97 Å². The standard InChI is InChI=1S/C34H45NO3Si3/c1-34(2)26-41(7,40(5,6)39(3,4)38-34)23-13-9-10-14-27-17-20-30(21-18-27)33(36)37-32-24-28(25-35)19-22-31(32)29-15-11-8-12-16-29/h8,11-12,15-22,24H,9-10,13-14,23,26H2,1-7H3. The van der Waals surface area contributed by atoms with E-state index in [4.69, 9.17) is 9.16 Å². The normalized spacial score (nSPS) is 20.6. The molecule has 1 fully saturated rings. The van der Waals surface area contributed by atoms with E-state index in [2.05, 4.69) is 52.7 Å². The average Bonchev–Trinajstić information content (AvgIpc) is 2.92. The smallest absolute Gasteiger partial charge is 0.343 e. The number of nitrogens with zero attached hydrogens (tertiary/aromatic N) is 1. The molecule has 0 N–H and O–H groups in total. The van der Waals surface area contributed by atoms with Crippen LogP contribution in [0, 0.1) is 11.3 Å². The fourth-order valence-electron chi connectivity index (χ4n) is 6.66. The first-order valence-corrected chi connectivity index (χ1v) is 25.7. The molecule has 1 saturated heterocycles. The summed E-state index contributed by atoms with van der Waals surface area (Å²) in [6, 6.07) is 27.6. The van der Waals surface area contributed by atoms with Gasteiger partial charge in [0, 0.05) is 18.8 Å². The Labute approximate surface area is 249 Å². The van der Waals surface area contributed by atoms with Crippen LogP contribution in [-0.2, 0) is 10.8 Å². The molecule has 0 radical (unpaired) electrons. The van der Waals surface area contributed by atoms with Crippen LogP contribution in [0.15, 0.2) is 72.8 Å². The van der Waals surface area contributed by atoms with E-state index < -0.39 is 28.5 Å². The van der Waals surface area contributed by atoms with Crippen LogP contribution >= 0.6 is 0 Å². The molecule has 1 aliphatic heterocycles. The molecule has 0 saturated carbocycles. The van der Waals surface area contributed by atoms with Crippen LogP contribution in [0.1, 0.15) is 54.6 Å². The highest BCUT2D eigenvalue weighted by atomic mass is 29.6. The van der Waals surface area contributed by atoms with Crippen LogP contribution in [-0.4, -0.2) is 34.1 Å². The number of benzene rings is 3. The number of hydrogen-bond donors (Lipinski definition) is 0. The third-order valence-corrected chi connectivity index (χ3v) is 50.3. The topological polar surface area (TPSA) is 59.3 Å². The van der Waals surface area contributed by atoms with Gasteiger partial charge in [-0.2, -0.15) is 5.26 Å². The van der Waals surface area contributed by atoms with Gasteiger partial charge in [-0.25, -0.2) is 4.79 Å². The first-order chi connectivity index (χ1) is 19.3. The third-order valence-electron chi connectivity index (χ3n) is 9.64. The minimum atomic E-state index is -1.63.